The molecule has 6 nitrogen and oxygen atoms in total. The minimum Gasteiger partial charge on any atom is -0.285 e. The molecule has 0 aliphatic heterocycles. The molecule has 0 radical (unpaired) electrons. The highest BCUT2D eigenvalue weighted by molar-refractivity contribution is 7.91. The maximum atomic E-state index is 13.6. The summed E-state index contributed by atoms with van der Waals surface area (Å²) < 4.78 is 83.0. The van der Waals surface area contributed by atoms with E-state index >= 15 is 0 Å². The second-order valence-electron chi connectivity index (χ2n) is 4.68. The molecule has 10 heteroatoms. The molecule has 0 heterocycles. The van der Waals surface area contributed by atoms with E-state index in [1.54, 1.807) is 30.3 Å². The van der Waals surface area contributed by atoms with Gasteiger partial charge in [0.05, 0.1) is 0 Å². The van der Waals surface area contributed by atoms with Gasteiger partial charge in [0.15, 0.2) is 5.25 Å². The first kappa shape index (κ1) is 16.3. The molecule has 1 aliphatic carbocycles. The van der Waals surface area contributed by atoms with Gasteiger partial charge in [0, 0.05) is 6.54 Å². The fourth-order valence-electron chi connectivity index (χ4n) is 2.13. The van der Waals surface area contributed by atoms with Gasteiger partial charge in [-0.05, 0) is 5.56 Å². The lowest BCUT2D eigenvalue weighted by Gasteiger charge is -2.39. The SMILES string of the molecule is O=S(=O)(O)C1C(F)C(S(=O)(=O)NCc2ccccc2)C1F. The van der Waals surface area contributed by atoms with Crippen molar-refractivity contribution in [3.63, 3.8) is 0 Å². The van der Waals surface area contributed by atoms with Crippen LogP contribution in [-0.4, -0.2) is 44.2 Å². The molecular formula is C11H13F2NO5S2. The van der Waals surface area contributed by atoms with Crippen molar-refractivity contribution >= 4 is 20.1 Å². The Bertz CT molecular complexity index is 697. The third-order valence-electron chi connectivity index (χ3n) is 3.28. The Morgan fingerprint density at radius 2 is 1.52 bits per heavy atom. The highest BCUT2D eigenvalue weighted by atomic mass is 32.2. The van der Waals surface area contributed by atoms with Gasteiger partial charge in [-0.15, -0.1) is 0 Å². The molecule has 118 valence electrons. The average molecular weight is 341 g/mol. The number of nitrogens with one attached hydrogen (secondary N) is 1. The Labute approximate surface area is 121 Å². The minimum atomic E-state index is -4.97. The number of alkyl halides is 2. The lowest BCUT2D eigenvalue weighted by Crippen LogP contribution is -2.67. The molecular weight excluding hydrogens is 328 g/mol. The number of hydrogen-bond donors (Lipinski definition) is 2. The summed E-state index contributed by atoms with van der Waals surface area (Å²) in [6, 6.07) is 8.28. The van der Waals surface area contributed by atoms with Crippen LogP contribution in [0.25, 0.3) is 0 Å². The molecule has 2 rings (SSSR count). The normalized spacial score (nSPS) is 29.9. The van der Waals surface area contributed by atoms with Gasteiger partial charge in [-0.1, -0.05) is 30.3 Å². The number of halogens is 2. The summed E-state index contributed by atoms with van der Waals surface area (Å²) in [7, 11) is -9.36. The Balaban J connectivity index is 2.08. The number of sulfonamides is 1. The topological polar surface area (TPSA) is 101 Å². The quantitative estimate of drug-likeness (QED) is 0.756. The summed E-state index contributed by atoms with van der Waals surface area (Å²) >= 11 is 0. The standard InChI is InChI=1S/C11H13F2NO5S2/c12-8-10(9(13)11(8)21(17,18)19)20(15,16)14-6-7-4-2-1-3-5-7/h1-5,8-11,14H,6H2,(H,17,18,19). The van der Waals surface area contributed by atoms with Crippen LogP contribution in [0, 0.1) is 0 Å². The largest absolute Gasteiger partial charge is 0.285 e. The molecule has 2 atom stereocenters. The van der Waals surface area contributed by atoms with E-state index in [-0.39, 0.29) is 6.54 Å². The lowest BCUT2D eigenvalue weighted by atomic mass is 9.93. The fraction of sp³-hybridized carbons (Fsp3) is 0.455. The zero-order valence-electron chi connectivity index (χ0n) is 10.6. The Kier molecular flexibility index (Phi) is 4.34. The first-order valence-corrected chi connectivity index (χ1v) is 8.96. The van der Waals surface area contributed by atoms with E-state index in [0.717, 1.165) is 0 Å². The van der Waals surface area contributed by atoms with Crippen molar-refractivity contribution in [1.29, 1.82) is 0 Å². The third kappa shape index (κ3) is 3.23. The van der Waals surface area contributed by atoms with Crippen LogP contribution in [0.15, 0.2) is 30.3 Å². The Morgan fingerprint density at radius 3 is 2.00 bits per heavy atom. The van der Waals surface area contributed by atoms with Crippen LogP contribution in [0.3, 0.4) is 0 Å². The predicted molar refractivity (Wildman–Crippen MR) is 71.1 cm³/mol. The predicted octanol–water partition coefficient (Wildman–Crippen LogP) is 0.421. The second kappa shape index (κ2) is 5.59. The van der Waals surface area contributed by atoms with Crippen LogP contribution in [0.5, 0.6) is 0 Å². The van der Waals surface area contributed by atoms with Crippen molar-refractivity contribution in [3.05, 3.63) is 35.9 Å². The Morgan fingerprint density at radius 1 is 1.00 bits per heavy atom. The summed E-state index contributed by atoms with van der Waals surface area (Å²) in [5, 5.41) is -4.50. The summed E-state index contributed by atoms with van der Waals surface area (Å²) in [5.41, 5.74) is 0.581. The molecule has 2 unspecified atom stereocenters. The van der Waals surface area contributed by atoms with Gasteiger partial charge in [-0.3, -0.25) is 4.55 Å². The van der Waals surface area contributed by atoms with E-state index in [2.05, 4.69) is 0 Å². The van der Waals surface area contributed by atoms with Crippen molar-refractivity contribution in [3.8, 4) is 0 Å². The number of benzene rings is 1. The smallest absolute Gasteiger partial charge is 0.273 e. The summed E-state index contributed by atoms with van der Waals surface area (Å²) in [6.45, 7) is -0.171. The van der Waals surface area contributed by atoms with Crippen molar-refractivity contribution < 1.29 is 30.2 Å². The fourth-order valence-corrected chi connectivity index (χ4v) is 4.90. The molecule has 21 heavy (non-hydrogen) atoms. The Hall–Kier alpha value is -1.10. The highest BCUT2D eigenvalue weighted by Gasteiger charge is 2.63. The first-order chi connectivity index (χ1) is 9.64. The van der Waals surface area contributed by atoms with E-state index in [9.17, 15) is 25.6 Å². The van der Waals surface area contributed by atoms with Crippen molar-refractivity contribution in [2.24, 2.45) is 0 Å². The van der Waals surface area contributed by atoms with Crippen LogP contribution in [0.4, 0.5) is 8.78 Å². The van der Waals surface area contributed by atoms with Crippen LogP contribution in [0.1, 0.15) is 5.56 Å². The molecule has 1 saturated carbocycles. The number of rotatable bonds is 5. The van der Waals surface area contributed by atoms with E-state index in [4.69, 9.17) is 4.55 Å². The zero-order chi connectivity index (χ0) is 15.8. The van der Waals surface area contributed by atoms with Gasteiger partial charge < -0.3 is 0 Å². The van der Waals surface area contributed by atoms with Gasteiger partial charge in [0.25, 0.3) is 10.1 Å². The molecule has 0 saturated heterocycles. The van der Waals surface area contributed by atoms with Crippen LogP contribution in [-0.2, 0) is 26.7 Å². The lowest BCUT2D eigenvalue weighted by molar-refractivity contribution is 0.0971. The first-order valence-electron chi connectivity index (χ1n) is 5.91. The minimum absolute atomic E-state index is 0.171. The van der Waals surface area contributed by atoms with Gasteiger partial charge >= 0.3 is 0 Å². The second-order valence-corrected chi connectivity index (χ2v) is 8.18. The molecule has 0 aromatic heterocycles. The summed E-state index contributed by atoms with van der Waals surface area (Å²) in [5.74, 6) is 0. The summed E-state index contributed by atoms with van der Waals surface area (Å²) in [4.78, 5) is 0. The third-order valence-corrected chi connectivity index (χ3v) is 6.27. The zero-order valence-corrected chi connectivity index (χ0v) is 12.2. The van der Waals surface area contributed by atoms with E-state index in [1.807, 2.05) is 4.72 Å². The van der Waals surface area contributed by atoms with Crippen LogP contribution < -0.4 is 4.72 Å². The maximum absolute atomic E-state index is 13.6. The van der Waals surface area contributed by atoms with E-state index in [1.165, 1.54) is 0 Å². The highest BCUT2D eigenvalue weighted by Crippen LogP contribution is 2.37. The van der Waals surface area contributed by atoms with Gasteiger partial charge in [0.2, 0.25) is 10.0 Å². The van der Waals surface area contributed by atoms with Gasteiger partial charge in [-0.2, -0.15) is 8.42 Å². The van der Waals surface area contributed by atoms with Gasteiger partial charge in [-0.25, -0.2) is 21.9 Å². The molecule has 1 aromatic rings. The maximum Gasteiger partial charge on any atom is 0.273 e. The van der Waals surface area contributed by atoms with Crippen molar-refractivity contribution in [2.45, 2.75) is 29.4 Å². The molecule has 0 amide bonds. The van der Waals surface area contributed by atoms with E-state index in [0.29, 0.717) is 5.56 Å². The van der Waals surface area contributed by atoms with Crippen molar-refractivity contribution in [2.75, 3.05) is 0 Å². The molecule has 1 aromatic carbocycles. The monoisotopic (exact) mass is 341 g/mol. The molecule has 0 spiro atoms. The molecule has 0 bridgehead atoms. The molecule has 1 fully saturated rings. The van der Waals surface area contributed by atoms with Crippen molar-refractivity contribution in [1.82, 2.24) is 4.72 Å². The average Bonchev–Trinajstić information content (AvgIpc) is 2.35. The van der Waals surface area contributed by atoms with Gasteiger partial charge in [0.1, 0.15) is 17.6 Å². The van der Waals surface area contributed by atoms with Crippen LogP contribution in [0.2, 0.25) is 0 Å². The van der Waals surface area contributed by atoms with Crippen LogP contribution >= 0.6 is 0 Å². The molecule has 2 N–H and O–H groups in total. The summed E-state index contributed by atoms with van der Waals surface area (Å²) in [6.07, 6.45) is -5.02. The number of hydrogen-bond acceptors (Lipinski definition) is 4. The van der Waals surface area contributed by atoms with E-state index < -0.39 is 43.0 Å². The molecule has 1 aliphatic rings.